The Labute approximate surface area is 67.7 Å². The minimum Gasteiger partial charge on any atom is -0.394 e. The first kappa shape index (κ1) is 10.3. The van der Waals surface area contributed by atoms with E-state index in [2.05, 4.69) is 12.6 Å². The van der Waals surface area contributed by atoms with Gasteiger partial charge in [-0.3, -0.25) is 0 Å². The molecule has 0 spiro atoms. The lowest BCUT2D eigenvalue weighted by atomic mass is 9.89. The fraction of sp³-hybridized carbons (Fsp3) is 1.00. The molecule has 2 N–H and O–H groups in total. The number of hydrogen-bond acceptors (Lipinski definition) is 3. The summed E-state index contributed by atoms with van der Waals surface area (Å²) in [6.45, 7) is 5.71. The van der Waals surface area contributed by atoms with Crippen LogP contribution in [0.5, 0.6) is 0 Å². The largest absolute Gasteiger partial charge is 0.394 e. The van der Waals surface area contributed by atoms with Crippen LogP contribution in [0, 0.1) is 5.41 Å². The standard InChI is InChI=1S/C7H16O2S/c1-7(2,3)6(10)5(9)4-8/h5-6,8-10H,4H2,1-3H3. The Bertz CT molecular complexity index is 98.3. The third-order valence-corrected chi connectivity index (χ3v) is 2.56. The number of aliphatic hydroxyl groups excluding tert-OH is 2. The molecule has 62 valence electrons. The van der Waals surface area contributed by atoms with E-state index in [9.17, 15) is 0 Å². The molecule has 0 aromatic carbocycles. The van der Waals surface area contributed by atoms with Crippen molar-refractivity contribution in [3.8, 4) is 0 Å². The highest BCUT2D eigenvalue weighted by molar-refractivity contribution is 7.81. The van der Waals surface area contributed by atoms with Gasteiger partial charge in [0, 0.05) is 5.25 Å². The van der Waals surface area contributed by atoms with Gasteiger partial charge in [-0.25, -0.2) is 0 Å². The van der Waals surface area contributed by atoms with E-state index in [1.165, 1.54) is 0 Å². The fourth-order valence-electron chi connectivity index (χ4n) is 0.677. The highest BCUT2D eigenvalue weighted by Crippen LogP contribution is 2.26. The van der Waals surface area contributed by atoms with Gasteiger partial charge >= 0.3 is 0 Å². The molecule has 0 saturated carbocycles. The van der Waals surface area contributed by atoms with Crippen LogP contribution >= 0.6 is 12.6 Å². The minimum atomic E-state index is -0.719. The van der Waals surface area contributed by atoms with Gasteiger partial charge in [-0.05, 0) is 5.41 Å². The Hall–Kier alpha value is 0.270. The van der Waals surface area contributed by atoms with Gasteiger partial charge in [0.05, 0.1) is 12.7 Å². The average Bonchev–Trinajstić information content (AvgIpc) is 1.83. The zero-order valence-corrected chi connectivity index (χ0v) is 7.60. The topological polar surface area (TPSA) is 40.5 Å². The maximum atomic E-state index is 9.14. The zero-order valence-electron chi connectivity index (χ0n) is 6.70. The van der Waals surface area contributed by atoms with Crippen molar-refractivity contribution < 1.29 is 10.2 Å². The number of aliphatic hydroxyl groups is 2. The van der Waals surface area contributed by atoms with Crippen LogP contribution in [0.15, 0.2) is 0 Å². The zero-order chi connectivity index (χ0) is 8.36. The van der Waals surface area contributed by atoms with E-state index in [-0.39, 0.29) is 17.3 Å². The van der Waals surface area contributed by atoms with Crippen molar-refractivity contribution >= 4 is 12.6 Å². The molecule has 0 aromatic heterocycles. The Morgan fingerprint density at radius 2 is 1.80 bits per heavy atom. The molecular formula is C7H16O2S. The van der Waals surface area contributed by atoms with Gasteiger partial charge in [0.15, 0.2) is 0 Å². The molecule has 0 rings (SSSR count). The molecule has 0 aliphatic rings. The van der Waals surface area contributed by atoms with Crippen LogP contribution in [0.2, 0.25) is 0 Å². The van der Waals surface area contributed by atoms with Crippen LogP contribution in [0.4, 0.5) is 0 Å². The van der Waals surface area contributed by atoms with E-state index in [0.29, 0.717) is 0 Å². The lowest BCUT2D eigenvalue weighted by molar-refractivity contribution is 0.0685. The number of thiol groups is 1. The lowest BCUT2D eigenvalue weighted by Gasteiger charge is -2.29. The minimum absolute atomic E-state index is 0.0642. The molecule has 0 saturated heterocycles. The Morgan fingerprint density at radius 1 is 1.40 bits per heavy atom. The van der Waals surface area contributed by atoms with Crippen molar-refractivity contribution in [3.05, 3.63) is 0 Å². The van der Waals surface area contributed by atoms with Gasteiger partial charge in [-0.1, -0.05) is 20.8 Å². The summed E-state index contributed by atoms with van der Waals surface area (Å²) in [5.74, 6) is 0. The van der Waals surface area contributed by atoms with Gasteiger partial charge in [0.1, 0.15) is 0 Å². The molecule has 3 heteroatoms. The Balaban J connectivity index is 3.94. The van der Waals surface area contributed by atoms with Crippen LogP contribution in [0.25, 0.3) is 0 Å². The van der Waals surface area contributed by atoms with Gasteiger partial charge in [0.2, 0.25) is 0 Å². The van der Waals surface area contributed by atoms with Gasteiger partial charge in [-0.15, -0.1) is 0 Å². The summed E-state index contributed by atoms with van der Waals surface area (Å²) < 4.78 is 0. The summed E-state index contributed by atoms with van der Waals surface area (Å²) in [6.07, 6.45) is -0.719. The summed E-state index contributed by atoms with van der Waals surface area (Å²) in [5, 5.41) is 17.5. The van der Waals surface area contributed by atoms with Gasteiger partial charge in [0.25, 0.3) is 0 Å². The second-order valence-electron chi connectivity index (χ2n) is 3.56. The molecule has 2 unspecified atom stereocenters. The SMILES string of the molecule is CC(C)(C)C(S)C(O)CO. The van der Waals surface area contributed by atoms with E-state index in [0.717, 1.165) is 0 Å². The third-order valence-electron chi connectivity index (χ3n) is 1.44. The summed E-state index contributed by atoms with van der Waals surface area (Å²) in [4.78, 5) is 0. The molecule has 2 nitrogen and oxygen atoms in total. The van der Waals surface area contributed by atoms with Crippen molar-refractivity contribution in [3.63, 3.8) is 0 Å². The van der Waals surface area contributed by atoms with Crippen molar-refractivity contribution in [1.82, 2.24) is 0 Å². The quantitative estimate of drug-likeness (QED) is 0.525. The molecule has 0 aliphatic heterocycles. The molecule has 0 radical (unpaired) electrons. The van der Waals surface area contributed by atoms with Gasteiger partial charge < -0.3 is 10.2 Å². The number of rotatable bonds is 2. The van der Waals surface area contributed by atoms with Crippen molar-refractivity contribution in [1.29, 1.82) is 0 Å². The van der Waals surface area contributed by atoms with E-state index < -0.39 is 6.10 Å². The van der Waals surface area contributed by atoms with Gasteiger partial charge in [-0.2, -0.15) is 12.6 Å². The normalized spacial score (nSPS) is 18.6. The molecule has 0 aliphatic carbocycles. The fourth-order valence-corrected chi connectivity index (χ4v) is 0.771. The van der Waals surface area contributed by atoms with Crippen molar-refractivity contribution in [2.45, 2.75) is 32.1 Å². The molecular weight excluding hydrogens is 148 g/mol. The van der Waals surface area contributed by atoms with Crippen LogP contribution in [0.3, 0.4) is 0 Å². The molecule has 0 heterocycles. The summed E-state index contributed by atoms with van der Waals surface area (Å²) in [6, 6.07) is 0. The predicted molar refractivity (Wildman–Crippen MR) is 45.3 cm³/mol. The molecule has 0 aromatic rings. The van der Waals surface area contributed by atoms with Crippen molar-refractivity contribution in [2.75, 3.05) is 6.61 Å². The third kappa shape index (κ3) is 2.90. The first-order valence-corrected chi connectivity index (χ1v) is 3.88. The second-order valence-corrected chi connectivity index (χ2v) is 4.12. The van der Waals surface area contributed by atoms with E-state index in [1.54, 1.807) is 0 Å². The smallest absolute Gasteiger partial charge is 0.0891 e. The summed E-state index contributed by atoms with van der Waals surface area (Å²) >= 11 is 4.18. The van der Waals surface area contributed by atoms with Crippen molar-refractivity contribution in [2.24, 2.45) is 5.41 Å². The highest BCUT2D eigenvalue weighted by atomic mass is 32.1. The maximum Gasteiger partial charge on any atom is 0.0891 e. The van der Waals surface area contributed by atoms with Crippen LogP contribution in [0.1, 0.15) is 20.8 Å². The van der Waals surface area contributed by atoms with E-state index >= 15 is 0 Å². The highest BCUT2D eigenvalue weighted by Gasteiger charge is 2.26. The first-order chi connectivity index (χ1) is 4.39. The predicted octanol–water partition coefficient (Wildman–Crippen LogP) is 0.684. The first-order valence-electron chi connectivity index (χ1n) is 3.36. The van der Waals surface area contributed by atoms with Crippen LogP contribution in [-0.4, -0.2) is 28.2 Å². The monoisotopic (exact) mass is 164 g/mol. The second kappa shape index (κ2) is 3.60. The number of hydrogen-bond donors (Lipinski definition) is 3. The maximum absolute atomic E-state index is 9.14. The van der Waals surface area contributed by atoms with Crippen LogP contribution < -0.4 is 0 Å². The van der Waals surface area contributed by atoms with Crippen LogP contribution in [-0.2, 0) is 0 Å². The lowest BCUT2D eigenvalue weighted by Crippen LogP contribution is -2.35. The van der Waals surface area contributed by atoms with E-state index in [4.69, 9.17) is 10.2 Å². The molecule has 0 bridgehead atoms. The summed E-state index contributed by atoms with van der Waals surface area (Å²) in [5.41, 5.74) is -0.0642. The molecule has 0 fully saturated rings. The summed E-state index contributed by atoms with van der Waals surface area (Å²) in [7, 11) is 0. The Morgan fingerprint density at radius 3 is 1.90 bits per heavy atom. The molecule has 2 atom stereocenters. The molecule has 0 amide bonds. The van der Waals surface area contributed by atoms with E-state index in [1.807, 2.05) is 20.8 Å². The molecule has 10 heavy (non-hydrogen) atoms. The average molecular weight is 164 g/mol. The Kier molecular flexibility index (Phi) is 3.70.